The zero-order valence-corrected chi connectivity index (χ0v) is 19.7. The van der Waals surface area contributed by atoms with Crippen LogP contribution in [0.3, 0.4) is 0 Å². The van der Waals surface area contributed by atoms with E-state index in [-0.39, 0.29) is 41.3 Å². The molecule has 0 spiro atoms. The molecule has 7 nitrogen and oxygen atoms in total. The Kier molecular flexibility index (Phi) is 5.33. The average Bonchev–Trinajstić information content (AvgIpc) is 3.41. The van der Waals surface area contributed by atoms with Crippen LogP contribution in [0.25, 0.3) is 0 Å². The zero-order valence-electron chi connectivity index (χ0n) is 19.7. The highest BCUT2D eigenvalue weighted by molar-refractivity contribution is 5.84. The molecule has 5 aliphatic carbocycles. The summed E-state index contributed by atoms with van der Waals surface area (Å²) in [4.78, 5) is 28.6. The summed E-state index contributed by atoms with van der Waals surface area (Å²) in [5, 5.41) is 12.7. The van der Waals surface area contributed by atoms with E-state index in [1.807, 2.05) is 11.9 Å². The molecule has 32 heavy (non-hydrogen) atoms. The first kappa shape index (κ1) is 22.2. The number of nitriles is 1. The third-order valence-electron chi connectivity index (χ3n) is 9.58. The van der Waals surface area contributed by atoms with Gasteiger partial charge in [0.1, 0.15) is 17.7 Å². The van der Waals surface area contributed by atoms with Crippen LogP contribution in [0.15, 0.2) is 0 Å². The largest absolute Gasteiger partial charge is 0.458 e. The second-order valence-electron chi connectivity index (χ2n) is 11.7. The molecule has 0 aromatic carbocycles. The van der Waals surface area contributed by atoms with Crippen molar-refractivity contribution in [2.75, 3.05) is 7.05 Å². The van der Waals surface area contributed by atoms with Gasteiger partial charge < -0.3 is 20.7 Å². The van der Waals surface area contributed by atoms with Crippen LogP contribution in [0.1, 0.15) is 71.6 Å². The molecule has 6 fully saturated rings. The highest BCUT2D eigenvalue weighted by Gasteiger charge is 2.64. The number of likely N-dealkylation sites (tertiary alicyclic amines) is 1. The van der Waals surface area contributed by atoms with Crippen molar-refractivity contribution in [1.82, 2.24) is 10.2 Å². The summed E-state index contributed by atoms with van der Waals surface area (Å²) < 4.78 is 6.34. The van der Waals surface area contributed by atoms with Gasteiger partial charge in [-0.1, -0.05) is 20.3 Å². The fourth-order valence-electron chi connectivity index (χ4n) is 8.19. The molecule has 1 aliphatic heterocycles. The van der Waals surface area contributed by atoms with Gasteiger partial charge in [-0.25, -0.2) is 0 Å². The smallest absolute Gasteiger partial charge is 0.323 e. The van der Waals surface area contributed by atoms with Crippen LogP contribution in [-0.2, 0) is 14.3 Å². The first-order chi connectivity index (χ1) is 15.2. The molecule has 1 saturated heterocycles. The van der Waals surface area contributed by atoms with Crippen molar-refractivity contribution in [2.45, 2.75) is 101 Å². The Labute approximate surface area is 191 Å². The van der Waals surface area contributed by atoms with Gasteiger partial charge in [0, 0.05) is 6.04 Å². The Bertz CT molecular complexity index is 824. The fourth-order valence-corrected chi connectivity index (χ4v) is 8.19. The van der Waals surface area contributed by atoms with Crippen molar-refractivity contribution in [1.29, 1.82) is 5.26 Å². The van der Waals surface area contributed by atoms with Gasteiger partial charge >= 0.3 is 5.97 Å². The number of piperidine rings is 1. The van der Waals surface area contributed by atoms with E-state index in [9.17, 15) is 14.9 Å². The number of nitrogens with two attached hydrogens (primary N) is 1. The lowest BCUT2D eigenvalue weighted by Crippen LogP contribution is -2.66. The van der Waals surface area contributed by atoms with Gasteiger partial charge in [-0.05, 0) is 87.5 Å². The summed E-state index contributed by atoms with van der Waals surface area (Å²) in [6.07, 6.45) is 8.21. The van der Waals surface area contributed by atoms with Crippen LogP contribution in [0.4, 0.5) is 0 Å². The summed E-state index contributed by atoms with van der Waals surface area (Å²) in [6.45, 7) is 4.16. The second-order valence-corrected chi connectivity index (χ2v) is 11.7. The molecule has 1 amide bonds. The maximum atomic E-state index is 13.6. The molecule has 0 radical (unpaired) electrons. The van der Waals surface area contributed by atoms with Crippen LogP contribution in [-0.4, -0.2) is 53.6 Å². The molecule has 6 aliphatic rings. The Morgan fingerprint density at radius 2 is 1.91 bits per heavy atom. The normalized spacial score (nSPS) is 43.8. The average molecular weight is 443 g/mol. The monoisotopic (exact) mass is 442 g/mol. The number of fused-ring (bicyclic) bond motifs is 1. The summed E-state index contributed by atoms with van der Waals surface area (Å²) in [5.41, 5.74) is 5.97. The standard InChI is InChI=1S/C25H38N4O3/c1-4-14(2)20(28-3)23(31)32-25-10-15-5-16(11-25)9-24(8-15,13-25)21(27)22(30)29-18(12-26)6-17-7-19(17)29/h14-21,28H,4-11,13,27H2,1-3H3/t14?,15?,16?,17-,18+,19+,20+,21-,24?,25?/m1/s1. The van der Waals surface area contributed by atoms with Gasteiger partial charge in [-0.15, -0.1) is 0 Å². The minimum atomic E-state index is -0.615. The van der Waals surface area contributed by atoms with Crippen LogP contribution >= 0.6 is 0 Å². The predicted molar refractivity (Wildman–Crippen MR) is 119 cm³/mol. The Morgan fingerprint density at radius 1 is 1.22 bits per heavy atom. The Hall–Kier alpha value is -1.65. The van der Waals surface area contributed by atoms with Crippen molar-refractivity contribution in [3.8, 4) is 6.07 Å². The van der Waals surface area contributed by atoms with Gasteiger partial charge in [0.15, 0.2) is 0 Å². The van der Waals surface area contributed by atoms with Gasteiger partial charge in [0.05, 0.1) is 12.1 Å². The van der Waals surface area contributed by atoms with Gasteiger partial charge in [0.2, 0.25) is 5.91 Å². The third-order valence-corrected chi connectivity index (χ3v) is 9.58. The minimum absolute atomic E-state index is 0.0438. The Morgan fingerprint density at radius 3 is 2.50 bits per heavy atom. The molecule has 3 unspecified atom stereocenters. The molecule has 8 atom stereocenters. The lowest BCUT2D eigenvalue weighted by atomic mass is 9.46. The molecule has 3 N–H and O–H groups in total. The minimum Gasteiger partial charge on any atom is -0.458 e. The van der Waals surface area contributed by atoms with Crippen LogP contribution < -0.4 is 11.1 Å². The topological polar surface area (TPSA) is 108 Å². The van der Waals surface area contributed by atoms with Gasteiger partial charge in [-0.3, -0.25) is 9.59 Å². The first-order valence-corrected chi connectivity index (χ1v) is 12.6. The second kappa shape index (κ2) is 7.70. The van der Waals surface area contributed by atoms with Gasteiger partial charge in [-0.2, -0.15) is 5.26 Å². The van der Waals surface area contributed by atoms with E-state index in [0.717, 1.165) is 51.4 Å². The maximum Gasteiger partial charge on any atom is 0.323 e. The summed E-state index contributed by atoms with van der Waals surface area (Å²) in [5.74, 6) is 1.39. The number of rotatable bonds is 7. The molecule has 7 heteroatoms. The van der Waals surface area contributed by atoms with Crippen molar-refractivity contribution >= 4 is 11.9 Å². The number of hydrogen-bond donors (Lipinski definition) is 2. The molecule has 1 heterocycles. The number of hydrogen-bond acceptors (Lipinski definition) is 6. The molecule has 0 aromatic rings. The van der Waals surface area contributed by atoms with E-state index >= 15 is 0 Å². The molecule has 5 saturated carbocycles. The van der Waals surface area contributed by atoms with E-state index in [4.69, 9.17) is 10.5 Å². The summed E-state index contributed by atoms with van der Waals surface area (Å²) in [6, 6.07) is 1.28. The summed E-state index contributed by atoms with van der Waals surface area (Å²) in [7, 11) is 1.82. The molecule has 0 aromatic heterocycles. The van der Waals surface area contributed by atoms with Crippen molar-refractivity contribution < 1.29 is 14.3 Å². The van der Waals surface area contributed by atoms with E-state index in [1.54, 1.807) is 0 Å². The highest BCUT2D eigenvalue weighted by atomic mass is 16.6. The Balaban J connectivity index is 1.37. The number of carbonyl (C=O) groups is 2. The van der Waals surface area contributed by atoms with Crippen molar-refractivity contribution in [2.24, 2.45) is 34.8 Å². The fraction of sp³-hybridized carbons (Fsp3) is 0.880. The quantitative estimate of drug-likeness (QED) is 0.586. The van der Waals surface area contributed by atoms with Gasteiger partial charge in [0.25, 0.3) is 0 Å². The van der Waals surface area contributed by atoms with Crippen molar-refractivity contribution in [3.63, 3.8) is 0 Å². The highest BCUT2D eigenvalue weighted by Crippen LogP contribution is 2.64. The number of likely N-dealkylation sites (N-methyl/N-ethyl adjacent to an activating group) is 1. The van der Waals surface area contributed by atoms with Crippen LogP contribution in [0.5, 0.6) is 0 Å². The number of nitrogens with one attached hydrogen (secondary N) is 1. The molecule has 4 bridgehead atoms. The molecule has 6 rings (SSSR count). The van der Waals surface area contributed by atoms with Crippen LogP contribution in [0.2, 0.25) is 0 Å². The lowest BCUT2D eigenvalue weighted by molar-refractivity contribution is -0.208. The number of ether oxygens (including phenoxy) is 1. The molecule has 176 valence electrons. The van der Waals surface area contributed by atoms with E-state index in [0.29, 0.717) is 24.2 Å². The zero-order chi connectivity index (χ0) is 22.8. The maximum absolute atomic E-state index is 13.6. The predicted octanol–water partition coefficient (Wildman–Crippen LogP) is 2.34. The first-order valence-electron chi connectivity index (χ1n) is 12.6. The molecular weight excluding hydrogens is 404 g/mol. The van der Waals surface area contributed by atoms with Crippen LogP contribution in [0, 0.1) is 40.4 Å². The van der Waals surface area contributed by atoms with E-state index < -0.39 is 11.6 Å². The van der Waals surface area contributed by atoms with E-state index in [1.165, 1.54) is 0 Å². The SMILES string of the molecule is CCC(C)[C@H](NC)C(=O)OC12CC3CC(C1)CC([C@H](N)C(=O)N1[C@H](C#N)C[C@@H]4C[C@@H]41)(C3)C2. The summed E-state index contributed by atoms with van der Waals surface area (Å²) >= 11 is 0. The number of carbonyl (C=O) groups excluding carboxylic acids is 2. The van der Waals surface area contributed by atoms with E-state index in [2.05, 4.69) is 25.2 Å². The third kappa shape index (κ3) is 3.37. The lowest BCUT2D eigenvalue weighted by Gasteiger charge is -2.62. The number of nitrogens with zero attached hydrogens (tertiary/aromatic N) is 2. The van der Waals surface area contributed by atoms with Crippen molar-refractivity contribution in [3.05, 3.63) is 0 Å². The number of amides is 1. The molecular formula is C25H38N4O3. The number of esters is 1.